The maximum atomic E-state index is 13.4. The Morgan fingerprint density at radius 3 is 2.74 bits per heavy atom. The first kappa shape index (κ1) is 16.3. The normalized spacial score (nSPS) is 21.7. The molecule has 2 aliphatic rings. The van der Waals surface area contributed by atoms with Gasteiger partial charge in [0, 0.05) is 42.0 Å². The highest BCUT2D eigenvalue weighted by molar-refractivity contribution is 5.65. The molecule has 0 saturated carbocycles. The Morgan fingerprint density at radius 2 is 2.07 bits per heavy atom. The number of pyridine rings is 2. The number of nitrogens with zero attached hydrogens (tertiary/aromatic N) is 5. The molecule has 3 aromatic rings. The Morgan fingerprint density at radius 1 is 1.15 bits per heavy atom. The van der Waals surface area contributed by atoms with Crippen LogP contribution in [0.2, 0.25) is 0 Å². The standard InChI is InChI=1S/C20H20FN5O/c21-16-5-7-24(12-16)19-4-3-14(9-23-19)15-8-18-13-26(20(27)25(18)11-15)17-2-1-6-22-10-17/h1-4,6,8-11,16,20,27H,5,7,12-13H2/t16-,20?/m1/s1. The fraction of sp³-hybridized carbons (Fsp3) is 0.300. The van der Waals surface area contributed by atoms with Gasteiger partial charge in [0.15, 0.2) is 0 Å². The van der Waals surface area contributed by atoms with E-state index in [1.54, 1.807) is 12.4 Å². The number of anilines is 2. The van der Waals surface area contributed by atoms with Gasteiger partial charge in [-0.3, -0.25) is 4.98 Å². The molecule has 2 aliphatic heterocycles. The van der Waals surface area contributed by atoms with Crippen LogP contribution in [0.4, 0.5) is 15.9 Å². The SMILES string of the molecule is OC1N(c2cccnc2)Cc2cc(-c3ccc(N4CC[C@@H](F)C4)nc3)cn21. The summed E-state index contributed by atoms with van der Waals surface area (Å²) in [5, 5.41) is 10.7. The average molecular weight is 365 g/mol. The molecule has 6 nitrogen and oxygen atoms in total. The minimum absolute atomic E-state index is 0.420. The molecule has 0 bridgehead atoms. The number of alkyl halides is 1. The van der Waals surface area contributed by atoms with Crippen LogP contribution in [-0.4, -0.2) is 38.9 Å². The van der Waals surface area contributed by atoms with E-state index in [1.807, 2.05) is 51.0 Å². The van der Waals surface area contributed by atoms with Gasteiger partial charge in [-0.25, -0.2) is 9.37 Å². The third kappa shape index (κ3) is 2.84. The van der Waals surface area contributed by atoms with Crippen LogP contribution < -0.4 is 9.80 Å². The zero-order valence-corrected chi connectivity index (χ0v) is 14.7. The number of halogens is 1. The number of hydrogen-bond donors (Lipinski definition) is 1. The Balaban J connectivity index is 1.36. The molecular formula is C20H20FN5O. The fourth-order valence-electron chi connectivity index (χ4n) is 3.85. The second kappa shape index (κ2) is 6.35. The summed E-state index contributed by atoms with van der Waals surface area (Å²) in [6.07, 6.45) is 6.29. The van der Waals surface area contributed by atoms with Crippen LogP contribution in [0.25, 0.3) is 11.1 Å². The number of fused-ring (bicyclic) bond motifs is 1. The zero-order chi connectivity index (χ0) is 18.4. The summed E-state index contributed by atoms with van der Waals surface area (Å²) in [4.78, 5) is 12.5. The van der Waals surface area contributed by atoms with Crippen LogP contribution in [-0.2, 0) is 6.54 Å². The molecule has 138 valence electrons. The molecule has 0 aliphatic carbocycles. The molecule has 1 saturated heterocycles. The summed E-state index contributed by atoms with van der Waals surface area (Å²) in [6.45, 7) is 1.75. The van der Waals surface area contributed by atoms with E-state index in [0.29, 0.717) is 26.1 Å². The van der Waals surface area contributed by atoms with Crippen molar-refractivity contribution < 1.29 is 9.50 Å². The number of aromatic nitrogens is 3. The van der Waals surface area contributed by atoms with Gasteiger partial charge >= 0.3 is 0 Å². The Labute approximate surface area is 156 Å². The summed E-state index contributed by atoms with van der Waals surface area (Å²) in [7, 11) is 0. The molecule has 7 heteroatoms. The van der Waals surface area contributed by atoms with Crippen molar-refractivity contribution >= 4 is 11.5 Å². The fourth-order valence-corrected chi connectivity index (χ4v) is 3.85. The minimum atomic E-state index is -0.759. The van der Waals surface area contributed by atoms with Crippen molar-refractivity contribution in [3.05, 3.63) is 60.8 Å². The molecular weight excluding hydrogens is 345 g/mol. The number of aliphatic hydroxyl groups excluding tert-OH is 1. The zero-order valence-electron chi connectivity index (χ0n) is 14.7. The molecule has 0 radical (unpaired) electrons. The first-order chi connectivity index (χ1) is 13.2. The summed E-state index contributed by atoms with van der Waals surface area (Å²) >= 11 is 0. The van der Waals surface area contributed by atoms with Crippen molar-refractivity contribution in [2.45, 2.75) is 25.5 Å². The van der Waals surface area contributed by atoms with E-state index in [4.69, 9.17) is 0 Å². The second-order valence-electron chi connectivity index (χ2n) is 7.05. The van der Waals surface area contributed by atoms with E-state index in [2.05, 4.69) is 16.0 Å². The smallest absolute Gasteiger partial charge is 0.211 e. The Hall–Kier alpha value is -2.93. The van der Waals surface area contributed by atoms with Crippen LogP contribution in [0.1, 0.15) is 18.5 Å². The van der Waals surface area contributed by atoms with Gasteiger partial charge in [-0.15, -0.1) is 0 Å². The van der Waals surface area contributed by atoms with Gasteiger partial charge in [-0.2, -0.15) is 0 Å². The van der Waals surface area contributed by atoms with Crippen molar-refractivity contribution in [3.63, 3.8) is 0 Å². The van der Waals surface area contributed by atoms with Gasteiger partial charge in [0.1, 0.15) is 12.0 Å². The van der Waals surface area contributed by atoms with Crippen molar-refractivity contribution in [3.8, 4) is 11.1 Å². The van der Waals surface area contributed by atoms with Gasteiger partial charge in [0.25, 0.3) is 0 Å². The molecule has 3 aromatic heterocycles. The highest BCUT2D eigenvalue weighted by atomic mass is 19.1. The van der Waals surface area contributed by atoms with E-state index in [0.717, 1.165) is 28.3 Å². The van der Waals surface area contributed by atoms with Gasteiger partial charge in [-0.1, -0.05) is 0 Å². The molecule has 1 fully saturated rings. The van der Waals surface area contributed by atoms with Crippen LogP contribution in [0.5, 0.6) is 0 Å². The van der Waals surface area contributed by atoms with Crippen LogP contribution in [0, 0.1) is 0 Å². The topological polar surface area (TPSA) is 57.4 Å². The molecule has 5 heterocycles. The third-order valence-corrected chi connectivity index (χ3v) is 5.31. The quantitative estimate of drug-likeness (QED) is 0.773. The molecule has 5 rings (SSSR count). The number of aliphatic hydroxyl groups is 1. The van der Waals surface area contributed by atoms with Crippen LogP contribution in [0.3, 0.4) is 0 Å². The number of rotatable bonds is 3. The van der Waals surface area contributed by atoms with E-state index in [1.165, 1.54) is 0 Å². The summed E-state index contributed by atoms with van der Waals surface area (Å²) in [5.74, 6) is 0.813. The maximum absolute atomic E-state index is 13.4. The minimum Gasteiger partial charge on any atom is -0.356 e. The second-order valence-corrected chi connectivity index (χ2v) is 7.05. The largest absolute Gasteiger partial charge is 0.356 e. The van der Waals surface area contributed by atoms with E-state index in [9.17, 15) is 9.50 Å². The Bertz CT molecular complexity index is 943. The summed E-state index contributed by atoms with van der Waals surface area (Å²) < 4.78 is 15.2. The molecule has 1 unspecified atom stereocenters. The molecule has 0 spiro atoms. The lowest BCUT2D eigenvalue weighted by atomic mass is 10.1. The van der Waals surface area contributed by atoms with Crippen LogP contribution >= 0.6 is 0 Å². The van der Waals surface area contributed by atoms with Gasteiger partial charge < -0.3 is 19.5 Å². The van der Waals surface area contributed by atoms with E-state index in [-0.39, 0.29) is 0 Å². The van der Waals surface area contributed by atoms with Crippen molar-refractivity contribution in [1.29, 1.82) is 0 Å². The summed E-state index contributed by atoms with van der Waals surface area (Å²) in [5.41, 5.74) is 3.92. The highest BCUT2D eigenvalue weighted by Crippen LogP contribution is 2.34. The van der Waals surface area contributed by atoms with Gasteiger partial charge in [0.2, 0.25) is 6.35 Å². The average Bonchev–Trinajstić information content (AvgIpc) is 3.39. The van der Waals surface area contributed by atoms with Crippen molar-refractivity contribution in [2.24, 2.45) is 0 Å². The first-order valence-electron chi connectivity index (χ1n) is 9.10. The van der Waals surface area contributed by atoms with E-state index < -0.39 is 12.5 Å². The van der Waals surface area contributed by atoms with Crippen molar-refractivity contribution in [1.82, 2.24) is 14.5 Å². The maximum Gasteiger partial charge on any atom is 0.211 e. The molecule has 27 heavy (non-hydrogen) atoms. The predicted molar refractivity (Wildman–Crippen MR) is 101 cm³/mol. The lowest BCUT2D eigenvalue weighted by Gasteiger charge is -2.22. The first-order valence-corrected chi connectivity index (χ1v) is 9.10. The predicted octanol–water partition coefficient (Wildman–Crippen LogP) is 2.96. The summed E-state index contributed by atoms with van der Waals surface area (Å²) in [6, 6.07) is 9.81. The van der Waals surface area contributed by atoms with Gasteiger partial charge in [-0.05, 0) is 36.8 Å². The lowest BCUT2D eigenvalue weighted by Crippen LogP contribution is -2.23. The number of hydrogen-bond acceptors (Lipinski definition) is 5. The molecule has 0 aromatic carbocycles. The van der Waals surface area contributed by atoms with Crippen LogP contribution in [0.15, 0.2) is 55.1 Å². The molecule has 0 amide bonds. The third-order valence-electron chi connectivity index (χ3n) is 5.31. The molecule has 2 atom stereocenters. The highest BCUT2D eigenvalue weighted by Gasteiger charge is 2.29. The monoisotopic (exact) mass is 365 g/mol. The lowest BCUT2D eigenvalue weighted by molar-refractivity contribution is 0.116. The van der Waals surface area contributed by atoms with Crippen molar-refractivity contribution in [2.75, 3.05) is 22.9 Å². The molecule has 1 N–H and O–H groups in total. The van der Waals surface area contributed by atoms with E-state index >= 15 is 0 Å². The Kier molecular flexibility index (Phi) is 3.82. The van der Waals surface area contributed by atoms with Gasteiger partial charge in [0.05, 0.1) is 25.0 Å².